The summed E-state index contributed by atoms with van der Waals surface area (Å²) < 4.78 is 25.9. The van der Waals surface area contributed by atoms with E-state index in [1.165, 1.54) is 36.4 Å². The smallest absolute Gasteiger partial charge is 0.336 e. The number of fused-ring (bicyclic) bond motifs is 1. The molecule has 146 valence electrons. The van der Waals surface area contributed by atoms with Crippen LogP contribution in [0.15, 0.2) is 60.7 Å². The van der Waals surface area contributed by atoms with Crippen LogP contribution in [0, 0.1) is 5.82 Å². The molecule has 4 rings (SSSR count). The van der Waals surface area contributed by atoms with Crippen LogP contribution in [-0.4, -0.2) is 23.8 Å². The summed E-state index contributed by atoms with van der Waals surface area (Å²) >= 11 is 6.06. The lowest BCUT2D eigenvalue weighted by Crippen LogP contribution is -2.24. The van der Waals surface area contributed by atoms with Crippen molar-refractivity contribution in [1.29, 1.82) is 0 Å². The molecular formula is C21H13ClFNO5. The van der Waals surface area contributed by atoms with E-state index in [0.717, 1.165) is 0 Å². The third kappa shape index (κ3) is 3.48. The molecule has 1 aliphatic heterocycles. The minimum atomic E-state index is -1.28. The van der Waals surface area contributed by atoms with Gasteiger partial charge in [-0.15, -0.1) is 0 Å². The van der Waals surface area contributed by atoms with Crippen LogP contribution < -0.4 is 13.9 Å². The number of halogens is 2. The first kappa shape index (κ1) is 18.8. The zero-order valence-electron chi connectivity index (χ0n) is 14.8. The molecule has 0 atom stereocenters. The number of carboxylic acid groups (broad SMARTS) is 1. The zero-order chi connectivity index (χ0) is 20.5. The molecule has 0 aliphatic carbocycles. The number of ether oxygens (including phenoxy) is 2. The summed E-state index contributed by atoms with van der Waals surface area (Å²) in [6.07, 6.45) is 0. The quantitative estimate of drug-likeness (QED) is 0.626. The molecule has 0 bridgehead atoms. The molecule has 0 aromatic heterocycles. The topological polar surface area (TPSA) is 76.1 Å². The molecule has 6 nitrogen and oxygen atoms in total. The highest BCUT2D eigenvalue weighted by Crippen LogP contribution is 2.37. The summed E-state index contributed by atoms with van der Waals surface area (Å²) in [5.41, 5.74) is 0.688. The van der Waals surface area contributed by atoms with Gasteiger partial charge in [-0.05, 0) is 47.5 Å². The standard InChI is InChI=1S/C21H13ClFNO5/c22-24(20(25)14-3-1-2-4-15(14)21(26)27)17-7-5-12(9-16(17)23)13-6-8-18-19(10-13)29-11-28-18/h1-10H,11H2,(H,26,27). The van der Waals surface area contributed by atoms with E-state index >= 15 is 0 Å². The lowest BCUT2D eigenvalue weighted by Gasteiger charge is -2.16. The number of hydrogen-bond acceptors (Lipinski definition) is 4. The maximum Gasteiger partial charge on any atom is 0.336 e. The third-order valence-corrected chi connectivity index (χ3v) is 4.77. The number of nitrogens with zero attached hydrogens (tertiary/aromatic N) is 1. The second kappa shape index (κ2) is 7.44. The van der Waals surface area contributed by atoms with E-state index in [1.54, 1.807) is 24.3 Å². The van der Waals surface area contributed by atoms with Crippen LogP contribution in [0.2, 0.25) is 0 Å². The van der Waals surface area contributed by atoms with Gasteiger partial charge in [0.2, 0.25) is 6.79 Å². The molecule has 1 amide bonds. The fourth-order valence-electron chi connectivity index (χ4n) is 2.99. The van der Waals surface area contributed by atoms with Gasteiger partial charge in [0, 0.05) is 11.8 Å². The normalized spacial score (nSPS) is 11.9. The van der Waals surface area contributed by atoms with E-state index in [1.807, 2.05) is 0 Å². The van der Waals surface area contributed by atoms with Crippen molar-refractivity contribution in [3.8, 4) is 22.6 Å². The summed E-state index contributed by atoms with van der Waals surface area (Å²) in [5, 5.41) is 9.24. The summed E-state index contributed by atoms with van der Waals surface area (Å²) in [5.74, 6) is -1.69. The van der Waals surface area contributed by atoms with Crippen LogP contribution in [0.1, 0.15) is 20.7 Å². The molecule has 1 N–H and O–H groups in total. The van der Waals surface area contributed by atoms with Gasteiger partial charge in [0.15, 0.2) is 11.5 Å². The third-order valence-electron chi connectivity index (χ3n) is 4.43. The fraction of sp³-hybridized carbons (Fsp3) is 0.0476. The van der Waals surface area contributed by atoms with Crippen molar-refractivity contribution in [2.75, 3.05) is 11.2 Å². The predicted molar refractivity (Wildman–Crippen MR) is 104 cm³/mol. The Morgan fingerprint density at radius 3 is 2.31 bits per heavy atom. The number of benzene rings is 3. The molecule has 1 heterocycles. The maximum absolute atomic E-state index is 14.7. The number of carboxylic acids is 1. The number of anilines is 1. The van der Waals surface area contributed by atoms with Crippen LogP contribution in [0.5, 0.6) is 11.5 Å². The number of rotatable bonds is 4. The van der Waals surface area contributed by atoms with E-state index in [0.29, 0.717) is 27.0 Å². The molecule has 3 aromatic carbocycles. The first-order chi connectivity index (χ1) is 14.0. The molecular weight excluding hydrogens is 401 g/mol. The Morgan fingerprint density at radius 1 is 0.931 bits per heavy atom. The highest BCUT2D eigenvalue weighted by atomic mass is 35.5. The number of aromatic carboxylic acids is 1. The fourth-order valence-corrected chi connectivity index (χ4v) is 3.22. The van der Waals surface area contributed by atoms with Gasteiger partial charge in [-0.2, -0.15) is 0 Å². The van der Waals surface area contributed by atoms with Crippen LogP contribution in [0.3, 0.4) is 0 Å². The molecule has 3 aromatic rings. The molecule has 0 unspecified atom stereocenters. The van der Waals surface area contributed by atoms with Crippen LogP contribution in [0.4, 0.5) is 10.1 Å². The van der Waals surface area contributed by atoms with E-state index in [2.05, 4.69) is 0 Å². The Kier molecular flexibility index (Phi) is 4.82. The highest BCUT2D eigenvalue weighted by Gasteiger charge is 2.24. The van der Waals surface area contributed by atoms with Gasteiger partial charge in [-0.25, -0.2) is 13.6 Å². The number of amides is 1. The first-order valence-electron chi connectivity index (χ1n) is 8.48. The van der Waals surface area contributed by atoms with Crippen LogP contribution >= 0.6 is 11.8 Å². The monoisotopic (exact) mass is 413 g/mol. The molecule has 1 aliphatic rings. The second-order valence-corrected chi connectivity index (χ2v) is 6.51. The van der Waals surface area contributed by atoms with Crippen molar-refractivity contribution >= 4 is 29.3 Å². The lowest BCUT2D eigenvalue weighted by molar-refractivity contribution is 0.0692. The second-order valence-electron chi connectivity index (χ2n) is 6.17. The minimum absolute atomic E-state index is 0.132. The SMILES string of the molecule is O=C(O)c1ccccc1C(=O)N(Cl)c1ccc(-c2ccc3c(c2)OCO3)cc1F. The average molecular weight is 414 g/mol. The van der Waals surface area contributed by atoms with Crippen molar-refractivity contribution in [1.82, 2.24) is 0 Å². The summed E-state index contributed by atoms with van der Waals surface area (Å²) in [6, 6.07) is 15.0. The van der Waals surface area contributed by atoms with Crippen LogP contribution in [0.25, 0.3) is 11.1 Å². The molecule has 0 saturated carbocycles. The maximum atomic E-state index is 14.7. The number of hydrogen-bond donors (Lipinski definition) is 1. The van der Waals surface area contributed by atoms with Gasteiger partial charge in [0.05, 0.1) is 16.8 Å². The molecule has 0 spiro atoms. The van der Waals surface area contributed by atoms with Gasteiger partial charge in [-0.3, -0.25) is 4.79 Å². The van der Waals surface area contributed by atoms with E-state index in [-0.39, 0.29) is 23.6 Å². The van der Waals surface area contributed by atoms with Gasteiger partial charge in [0.1, 0.15) is 5.82 Å². The van der Waals surface area contributed by atoms with Gasteiger partial charge in [0.25, 0.3) is 5.91 Å². The van der Waals surface area contributed by atoms with Crippen molar-refractivity contribution in [2.24, 2.45) is 0 Å². The van der Waals surface area contributed by atoms with Gasteiger partial charge in [-0.1, -0.05) is 24.3 Å². The Hall–Kier alpha value is -3.58. The van der Waals surface area contributed by atoms with Gasteiger partial charge >= 0.3 is 5.97 Å². The molecule has 0 saturated heterocycles. The molecule has 29 heavy (non-hydrogen) atoms. The first-order valence-corrected chi connectivity index (χ1v) is 8.81. The minimum Gasteiger partial charge on any atom is -0.478 e. The van der Waals surface area contributed by atoms with Crippen molar-refractivity contribution in [3.05, 3.63) is 77.6 Å². The zero-order valence-corrected chi connectivity index (χ0v) is 15.5. The summed E-state index contributed by atoms with van der Waals surface area (Å²) in [4.78, 5) is 24.0. The van der Waals surface area contributed by atoms with Crippen molar-refractivity contribution in [2.45, 2.75) is 0 Å². The summed E-state index contributed by atoms with van der Waals surface area (Å²) in [7, 11) is 0. The number of carbonyl (C=O) groups excluding carboxylic acids is 1. The van der Waals surface area contributed by atoms with E-state index in [9.17, 15) is 19.1 Å². The van der Waals surface area contributed by atoms with Crippen molar-refractivity contribution in [3.63, 3.8) is 0 Å². The molecule has 8 heteroatoms. The Labute approximate surface area is 169 Å². The largest absolute Gasteiger partial charge is 0.478 e. The predicted octanol–water partition coefficient (Wildman–Crippen LogP) is 4.72. The highest BCUT2D eigenvalue weighted by molar-refractivity contribution is 6.39. The lowest BCUT2D eigenvalue weighted by atomic mass is 10.0. The number of carbonyl (C=O) groups is 2. The van der Waals surface area contributed by atoms with E-state index in [4.69, 9.17) is 21.3 Å². The molecule has 0 fully saturated rings. The van der Waals surface area contributed by atoms with Crippen LogP contribution in [-0.2, 0) is 0 Å². The van der Waals surface area contributed by atoms with E-state index < -0.39 is 17.7 Å². The molecule has 0 radical (unpaired) electrons. The summed E-state index contributed by atoms with van der Waals surface area (Å²) in [6.45, 7) is 0.132. The Morgan fingerprint density at radius 2 is 1.59 bits per heavy atom. The Bertz CT molecular complexity index is 1130. The van der Waals surface area contributed by atoms with Gasteiger partial charge < -0.3 is 14.6 Å². The Balaban J connectivity index is 1.64. The van der Waals surface area contributed by atoms with Crippen molar-refractivity contribution < 1.29 is 28.6 Å². The average Bonchev–Trinajstić information content (AvgIpc) is 3.20.